The van der Waals surface area contributed by atoms with Crippen molar-refractivity contribution in [3.8, 4) is 5.75 Å². The fourth-order valence-electron chi connectivity index (χ4n) is 2.93. The maximum atomic E-state index is 13.5. The minimum Gasteiger partial charge on any atom is -0.461 e. The molecule has 0 heterocycles. The zero-order valence-corrected chi connectivity index (χ0v) is 18.7. The molecule has 0 aromatic heterocycles. The molecule has 0 fully saturated rings. The molecular formula is C24H24F5NO5. The first-order valence-corrected chi connectivity index (χ1v) is 10.9. The second kappa shape index (κ2) is 14.0. The standard InChI is InChI=1S/C24H24F5NO5/c25-19-20(26)22(28)24(23(29)21(19)27)35-18(33)12-7-10-16(31)30-13-6-2-5-11-17(32)34-14-15-8-3-1-4-9-15/h1,3-4,8-9H,2,5-7,10-14H2,(H,30,31). The number of hydrogen-bond donors (Lipinski definition) is 1. The van der Waals surface area contributed by atoms with Crippen LogP contribution in [0.1, 0.15) is 50.5 Å². The van der Waals surface area contributed by atoms with Crippen LogP contribution in [0.25, 0.3) is 0 Å². The number of amides is 1. The van der Waals surface area contributed by atoms with Gasteiger partial charge in [-0.2, -0.15) is 8.78 Å². The van der Waals surface area contributed by atoms with E-state index in [-0.39, 0.29) is 31.8 Å². The van der Waals surface area contributed by atoms with Crippen LogP contribution in [0.2, 0.25) is 0 Å². The van der Waals surface area contributed by atoms with Crippen molar-refractivity contribution in [2.45, 2.75) is 51.6 Å². The average molecular weight is 501 g/mol. The predicted molar refractivity (Wildman–Crippen MR) is 113 cm³/mol. The van der Waals surface area contributed by atoms with E-state index in [1.165, 1.54) is 0 Å². The highest BCUT2D eigenvalue weighted by molar-refractivity contribution is 5.77. The minimum atomic E-state index is -2.36. The molecular weight excluding hydrogens is 477 g/mol. The van der Waals surface area contributed by atoms with Crippen molar-refractivity contribution < 1.29 is 45.8 Å². The molecule has 0 aliphatic carbocycles. The number of carbonyl (C=O) groups is 3. The first-order valence-electron chi connectivity index (χ1n) is 10.9. The number of benzene rings is 2. The van der Waals surface area contributed by atoms with E-state index in [1.807, 2.05) is 30.3 Å². The van der Waals surface area contributed by atoms with Gasteiger partial charge >= 0.3 is 11.9 Å². The molecule has 0 bridgehead atoms. The molecule has 2 aromatic carbocycles. The highest BCUT2D eigenvalue weighted by Crippen LogP contribution is 2.29. The Morgan fingerprint density at radius 2 is 1.29 bits per heavy atom. The molecule has 0 saturated heterocycles. The van der Waals surface area contributed by atoms with Gasteiger partial charge < -0.3 is 14.8 Å². The normalized spacial score (nSPS) is 10.7. The van der Waals surface area contributed by atoms with Crippen LogP contribution < -0.4 is 10.1 Å². The number of rotatable bonds is 13. The van der Waals surface area contributed by atoms with Crippen molar-refractivity contribution in [1.82, 2.24) is 5.32 Å². The fourth-order valence-corrected chi connectivity index (χ4v) is 2.93. The van der Waals surface area contributed by atoms with E-state index in [9.17, 15) is 36.3 Å². The van der Waals surface area contributed by atoms with E-state index < -0.39 is 53.1 Å². The van der Waals surface area contributed by atoms with Crippen LogP contribution in [0.15, 0.2) is 30.3 Å². The monoisotopic (exact) mass is 501 g/mol. The first-order chi connectivity index (χ1) is 16.7. The number of ether oxygens (including phenoxy) is 2. The molecule has 0 spiro atoms. The molecule has 0 unspecified atom stereocenters. The number of nitrogens with one attached hydrogen (secondary N) is 1. The fraction of sp³-hybridized carbons (Fsp3) is 0.375. The lowest BCUT2D eigenvalue weighted by Crippen LogP contribution is -2.24. The molecule has 1 N–H and O–H groups in total. The number of carbonyl (C=O) groups excluding carboxylic acids is 3. The van der Waals surface area contributed by atoms with Gasteiger partial charge in [0.25, 0.3) is 0 Å². The average Bonchev–Trinajstić information content (AvgIpc) is 2.85. The van der Waals surface area contributed by atoms with Gasteiger partial charge in [0.05, 0.1) is 0 Å². The van der Waals surface area contributed by atoms with Gasteiger partial charge in [-0.25, -0.2) is 13.2 Å². The quantitative estimate of drug-likeness (QED) is 0.106. The van der Waals surface area contributed by atoms with Crippen LogP contribution in [0.3, 0.4) is 0 Å². The molecule has 0 radical (unpaired) electrons. The first kappa shape index (κ1) is 27.7. The Hall–Kier alpha value is -3.50. The summed E-state index contributed by atoms with van der Waals surface area (Å²) in [5.74, 6) is -15.0. The Bertz CT molecular complexity index is 1000. The summed E-state index contributed by atoms with van der Waals surface area (Å²) in [5.41, 5.74) is 0.898. The highest BCUT2D eigenvalue weighted by atomic mass is 19.2. The maximum Gasteiger partial charge on any atom is 0.311 e. The lowest BCUT2D eigenvalue weighted by molar-refractivity contribution is -0.145. The molecule has 0 aliphatic rings. The Kier molecular flexibility index (Phi) is 11.1. The van der Waals surface area contributed by atoms with Gasteiger partial charge in [0.1, 0.15) is 6.61 Å². The summed E-state index contributed by atoms with van der Waals surface area (Å²) < 4.78 is 75.7. The zero-order valence-electron chi connectivity index (χ0n) is 18.7. The van der Waals surface area contributed by atoms with Crippen molar-refractivity contribution in [3.05, 3.63) is 65.0 Å². The van der Waals surface area contributed by atoms with Gasteiger partial charge in [-0.05, 0) is 24.8 Å². The summed E-state index contributed by atoms with van der Waals surface area (Å²) in [6.45, 7) is 0.553. The van der Waals surface area contributed by atoms with Crippen LogP contribution in [-0.2, 0) is 25.7 Å². The third-order valence-electron chi connectivity index (χ3n) is 4.79. The third-order valence-corrected chi connectivity index (χ3v) is 4.79. The summed E-state index contributed by atoms with van der Waals surface area (Å²) in [5, 5.41) is 2.61. The van der Waals surface area contributed by atoms with E-state index in [1.54, 1.807) is 0 Å². The van der Waals surface area contributed by atoms with Crippen LogP contribution in [0.4, 0.5) is 22.0 Å². The molecule has 6 nitrogen and oxygen atoms in total. The predicted octanol–water partition coefficient (Wildman–Crippen LogP) is 4.88. The van der Waals surface area contributed by atoms with E-state index in [4.69, 9.17) is 4.74 Å². The Labute approximate surface area is 198 Å². The topological polar surface area (TPSA) is 81.7 Å². The molecule has 1 amide bonds. The number of esters is 2. The molecule has 190 valence electrons. The van der Waals surface area contributed by atoms with Gasteiger partial charge in [-0.3, -0.25) is 14.4 Å². The van der Waals surface area contributed by atoms with Gasteiger partial charge in [-0.1, -0.05) is 36.8 Å². The smallest absolute Gasteiger partial charge is 0.311 e. The van der Waals surface area contributed by atoms with Gasteiger partial charge in [0, 0.05) is 25.8 Å². The molecule has 0 aliphatic heterocycles. The zero-order chi connectivity index (χ0) is 25.8. The maximum absolute atomic E-state index is 13.5. The molecule has 2 aromatic rings. The SMILES string of the molecule is O=C(CCCC(=O)Oc1c(F)c(F)c(F)c(F)c1F)NCCCCCC(=O)OCc1ccccc1. The number of halogens is 5. The number of hydrogen-bond acceptors (Lipinski definition) is 5. The molecule has 0 saturated carbocycles. The van der Waals surface area contributed by atoms with Gasteiger partial charge in [0.15, 0.2) is 0 Å². The second-order valence-electron chi connectivity index (χ2n) is 7.53. The second-order valence-corrected chi connectivity index (χ2v) is 7.53. The van der Waals surface area contributed by atoms with Crippen LogP contribution in [0, 0.1) is 29.1 Å². The highest BCUT2D eigenvalue weighted by Gasteiger charge is 2.28. The Morgan fingerprint density at radius 3 is 1.94 bits per heavy atom. The molecule has 0 atom stereocenters. The van der Waals surface area contributed by atoms with E-state index in [0.29, 0.717) is 25.8 Å². The summed E-state index contributed by atoms with van der Waals surface area (Å²) in [7, 11) is 0. The van der Waals surface area contributed by atoms with Crippen molar-refractivity contribution in [3.63, 3.8) is 0 Å². The summed E-state index contributed by atoms with van der Waals surface area (Å²) >= 11 is 0. The Balaban J connectivity index is 1.55. The summed E-state index contributed by atoms with van der Waals surface area (Å²) in [6, 6.07) is 9.28. The van der Waals surface area contributed by atoms with Crippen molar-refractivity contribution in [2.75, 3.05) is 6.54 Å². The third kappa shape index (κ3) is 8.99. The molecule has 11 heteroatoms. The largest absolute Gasteiger partial charge is 0.461 e. The lowest BCUT2D eigenvalue weighted by atomic mass is 10.2. The van der Waals surface area contributed by atoms with Crippen molar-refractivity contribution in [1.29, 1.82) is 0 Å². The van der Waals surface area contributed by atoms with Gasteiger partial charge in [-0.15, -0.1) is 0 Å². The van der Waals surface area contributed by atoms with Crippen LogP contribution in [0.5, 0.6) is 5.75 Å². The van der Waals surface area contributed by atoms with E-state index in [0.717, 1.165) is 5.56 Å². The van der Waals surface area contributed by atoms with Gasteiger partial charge in [0.2, 0.25) is 40.7 Å². The lowest BCUT2D eigenvalue weighted by Gasteiger charge is -2.09. The van der Waals surface area contributed by atoms with E-state index >= 15 is 0 Å². The summed E-state index contributed by atoms with van der Waals surface area (Å²) in [4.78, 5) is 35.1. The van der Waals surface area contributed by atoms with Crippen molar-refractivity contribution >= 4 is 17.8 Å². The van der Waals surface area contributed by atoms with Crippen molar-refractivity contribution in [2.24, 2.45) is 0 Å². The number of unbranched alkanes of at least 4 members (excludes halogenated alkanes) is 2. The minimum absolute atomic E-state index is 0.0622. The van der Waals surface area contributed by atoms with Crippen LogP contribution >= 0.6 is 0 Å². The summed E-state index contributed by atoms with van der Waals surface area (Å²) in [6.07, 6.45) is 1.48. The Morgan fingerprint density at radius 1 is 0.686 bits per heavy atom. The van der Waals surface area contributed by atoms with Crippen LogP contribution in [-0.4, -0.2) is 24.4 Å². The van der Waals surface area contributed by atoms with E-state index in [2.05, 4.69) is 10.1 Å². The molecule has 2 rings (SSSR count). The molecule has 35 heavy (non-hydrogen) atoms.